The third-order valence-corrected chi connectivity index (χ3v) is 4.24. The van der Waals surface area contributed by atoms with Crippen molar-refractivity contribution in [2.24, 2.45) is 5.41 Å². The molecule has 2 heteroatoms. The van der Waals surface area contributed by atoms with Crippen LogP contribution in [0.1, 0.15) is 38.8 Å². The number of rotatable bonds is 2. The highest BCUT2D eigenvalue weighted by Crippen LogP contribution is 2.28. The molecule has 0 saturated carbocycles. The molecule has 1 saturated heterocycles. The van der Waals surface area contributed by atoms with Crippen LogP contribution >= 0.6 is 0 Å². The van der Waals surface area contributed by atoms with Gasteiger partial charge in [-0.25, -0.2) is 0 Å². The van der Waals surface area contributed by atoms with Crippen molar-refractivity contribution >= 4 is 0 Å². The molecule has 1 heterocycles. The molecule has 1 N–H and O–H groups in total. The lowest BCUT2D eigenvalue weighted by atomic mass is 9.83. The Hall–Kier alpha value is -0.860. The van der Waals surface area contributed by atoms with Crippen molar-refractivity contribution in [3.8, 4) is 0 Å². The summed E-state index contributed by atoms with van der Waals surface area (Å²) in [6.07, 6.45) is 0. The normalized spacial score (nSPS) is 25.5. The molecule has 1 fully saturated rings. The number of hydrogen-bond donors (Lipinski definition) is 1. The van der Waals surface area contributed by atoms with Crippen molar-refractivity contribution in [1.29, 1.82) is 0 Å². The molecule has 2 nitrogen and oxygen atoms in total. The van der Waals surface area contributed by atoms with Gasteiger partial charge in [-0.05, 0) is 30.4 Å². The van der Waals surface area contributed by atoms with E-state index in [9.17, 15) is 0 Å². The third-order valence-electron chi connectivity index (χ3n) is 4.24. The Balaban J connectivity index is 2.17. The van der Waals surface area contributed by atoms with Crippen LogP contribution in [0.25, 0.3) is 0 Å². The van der Waals surface area contributed by atoms with Gasteiger partial charge < -0.3 is 5.32 Å². The zero-order chi connectivity index (χ0) is 14.0. The van der Waals surface area contributed by atoms with E-state index < -0.39 is 0 Å². The molecule has 2 atom stereocenters. The molecule has 0 radical (unpaired) electrons. The average Bonchev–Trinajstić information content (AvgIpc) is 2.30. The second-order valence-corrected chi connectivity index (χ2v) is 7.05. The summed E-state index contributed by atoms with van der Waals surface area (Å²) in [5, 5.41) is 3.63. The van der Waals surface area contributed by atoms with Gasteiger partial charge in [-0.3, -0.25) is 4.90 Å². The van der Waals surface area contributed by atoms with Crippen molar-refractivity contribution in [1.82, 2.24) is 10.2 Å². The molecule has 2 unspecified atom stereocenters. The summed E-state index contributed by atoms with van der Waals surface area (Å²) in [4.78, 5) is 2.66. The minimum absolute atomic E-state index is 0.315. The quantitative estimate of drug-likeness (QED) is 0.878. The van der Waals surface area contributed by atoms with Crippen LogP contribution in [0, 0.1) is 12.3 Å². The van der Waals surface area contributed by atoms with Gasteiger partial charge in [0.05, 0.1) is 0 Å². The zero-order valence-corrected chi connectivity index (χ0v) is 13.0. The smallest absolute Gasteiger partial charge is 0.0273 e. The van der Waals surface area contributed by atoms with Crippen molar-refractivity contribution in [3.63, 3.8) is 0 Å². The van der Waals surface area contributed by atoms with Gasteiger partial charge in [0.25, 0.3) is 0 Å². The van der Waals surface area contributed by atoms with Gasteiger partial charge in [-0.1, -0.05) is 45.0 Å². The number of nitrogens with one attached hydrogen (secondary N) is 1. The number of benzene rings is 1. The van der Waals surface area contributed by atoms with Crippen LogP contribution in [0.2, 0.25) is 0 Å². The van der Waals surface area contributed by atoms with Gasteiger partial charge >= 0.3 is 0 Å². The molecule has 1 aromatic rings. The summed E-state index contributed by atoms with van der Waals surface area (Å²) in [7, 11) is 0. The molecule has 19 heavy (non-hydrogen) atoms. The predicted molar refractivity (Wildman–Crippen MR) is 82.3 cm³/mol. The summed E-state index contributed by atoms with van der Waals surface area (Å²) < 4.78 is 0. The van der Waals surface area contributed by atoms with Crippen LogP contribution in [-0.4, -0.2) is 30.1 Å². The molecule has 0 amide bonds. The first kappa shape index (κ1) is 14.5. The molecule has 1 aliphatic heterocycles. The van der Waals surface area contributed by atoms with E-state index in [2.05, 4.69) is 69.1 Å². The Kier molecular flexibility index (Phi) is 4.32. The van der Waals surface area contributed by atoms with Gasteiger partial charge in [-0.15, -0.1) is 0 Å². The van der Waals surface area contributed by atoms with E-state index in [0.29, 0.717) is 17.5 Å². The second-order valence-electron chi connectivity index (χ2n) is 7.05. The first-order valence-electron chi connectivity index (χ1n) is 7.40. The monoisotopic (exact) mass is 260 g/mol. The van der Waals surface area contributed by atoms with Crippen molar-refractivity contribution < 1.29 is 0 Å². The highest BCUT2D eigenvalue weighted by atomic mass is 15.2. The summed E-state index contributed by atoms with van der Waals surface area (Å²) in [6.45, 7) is 14.8. The van der Waals surface area contributed by atoms with Crippen LogP contribution < -0.4 is 5.32 Å². The van der Waals surface area contributed by atoms with Crippen LogP contribution in [0.5, 0.6) is 0 Å². The summed E-state index contributed by atoms with van der Waals surface area (Å²) >= 11 is 0. The maximum absolute atomic E-state index is 3.63. The number of hydrogen-bond acceptors (Lipinski definition) is 2. The van der Waals surface area contributed by atoms with Gasteiger partial charge in [0, 0.05) is 31.7 Å². The molecule has 0 spiro atoms. The van der Waals surface area contributed by atoms with Crippen LogP contribution in [-0.2, 0) is 6.54 Å². The predicted octanol–water partition coefficient (Wildman–Crippen LogP) is 3.20. The fraction of sp³-hybridized carbons (Fsp3) is 0.647. The summed E-state index contributed by atoms with van der Waals surface area (Å²) in [6, 6.07) is 9.95. The lowest BCUT2D eigenvalue weighted by Crippen LogP contribution is -2.59. The van der Waals surface area contributed by atoms with Crippen LogP contribution in [0.15, 0.2) is 24.3 Å². The Morgan fingerprint density at radius 1 is 1.26 bits per heavy atom. The Morgan fingerprint density at radius 2 is 1.95 bits per heavy atom. The maximum Gasteiger partial charge on any atom is 0.0273 e. The van der Waals surface area contributed by atoms with Crippen LogP contribution in [0.4, 0.5) is 0 Å². The van der Waals surface area contributed by atoms with E-state index in [4.69, 9.17) is 0 Å². The molecule has 106 valence electrons. The van der Waals surface area contributed by atoms with Crippen molar-refractivity contribution in [3.05, 3.63) is 35.4 Å². The second kappa shape index (κ2) is 5.64. The minimum atomic E-state index is 0.315. The molecule has 2 rings (SSSR count). The number of aryl methyl sites for hydroxylation is 1. The largest absolute Gasteiger partial charge is 0.311 e. The molecular formula is C17H28N2. The molecule has 0 aliphatic carbocycles. The lowest BCUT2D eigenvalue weighted by molar-refractivity contribution is 0.0525. The van der Waals surface area contributed by atoms with E-state index in [1.807, 2.05) is 0 Å². The number of nitrogens with zero attached hydrogens (tertiary/aromatic N) is 1. The Bertz CT molecular complexity index is 420. The third kappa shape index (κ3) is 3.58. The number of piperazine rings is 1. The Labute approximate surface area is 118 Å². The molecule has 0 bridgehead atoms. The standard InChI is InChI=1S/C17H28N2/c1-13-8-6-7-9-15(13)12-19-11-14(2)18-10-16(19)17(3,4)5/h6-9,14,16,18H,10-12H2,1-5H3. The molecular weight excluding hydrogens is 232 g/mol. The fourth-order valence-corrected chi connectivity index (χ4v) is 3.02. The lowest BCUT2D eigenvalue weighted by Gasteiger charge is -2.46. The van der Waals surface area contributed by atoms with E-state index in [1.54, 1.807) is 0 Å². The van der Waals surface area contributed by atoms with Gasteiger partial charge in [-0.2, -0.15) is 0 Å². The van der Waals surface area contributed by atoms with Crippen molar-refractivity contribution in [2.45, 2.75) is 53.2 Å². The fourth-order valence-electron chi connectivity index (χ4n) is 3.02. The molecule has 1 aromatic carbocycles. The minimum Gasteiger partial charge on any atom is -0.311 e. The highest BCUT2D eigenvalue weighted by Gasteiger charge is 2.34. The first-order chi connectivity index (χ1) is 8.88. The topological polar surface area (TPSA) is 15.3 Å². The zero-order valence-electron chi connectivity index (χ0n) is 13.0. The van der Waals surface area contributed by atoms with E-state index >= 15 is 0 Å². The Morgan fingerprint density at radius 3 is 2.58 bits per heavy atom. The van der Waals surface area contributed by atoms with Gasteiger partial charge in [0.15, 0.2) is 0 Å². The average molecular weight is 260 g/mol. The molecule has 0 aromatic heterocycles. The van der Waals surface area contributed by atoms with Crippen LogP contribution in [0.3, 0.4) is 0 Å². The SMILES string of the molecule is Cc1ccccc1CN1CC(C)NCC1C(C)(C)C. The van der Waals surface area contributed by atoms with E-state index in [-0.39, 0.29) is 0 Å². The summed E-state index contributed by atoms with van der Waals surface area (Å²) in [5.74, 6) is 0. The van der Waals surface area contributed by atoms with Crippen molar-refractivity contribution in [2.75, 3.05) is 13.1 Å². The van der Waals surface area contributed by atoms with Gasteiger partial charge in [0.1, 0.15) is 0 Å². The van der Waals surface area contributed by atoms with E-state index in [0.717, 1.165) is 19.6 Å². The molecule has 1 aliphatic rings. The maximum atomic E-state index is 3.63. The highest BCUT2D eigenvalue weighted by molar-refractivity contribution is 5.25. The first-order valence-corrected chi connectivity index (χ1v) is 7.40. The van der Waals surface area contributed by atoms with E-state index in [1.165, 1.54) is 11.1 Å². The summed E-state index contributed by atoms with van der Waals surface area (Å²) in [5.41, 5.74) is 3.18. The van der Waals surface area contributed by atoms with Gasteiger partial charge in [0.2, 0.25) is 0 Å².